The Bertz CT molecular complexity index is 678. The van der Waals surface area contributed by atoms with Gasteiger partial charge in [0, 0.05) is 39.1 Å². The van der Waals surface area contributed by atoms with Crippen molar-refractivity contribution in [3.8, 4) is 0 Å². The average molecular weight is 411 g/mol. The van der Waals surface area contributed by atoms with Gasteiger partial charge in [-0.1, -0.05) is 30.2 Å². The Morgan fingerprint density at radius 2 is 1.79 bits per heavy atom. The zero-order chi connectivity index (χ0) is 20.4. The summed E-state index contributed by atoms with van der Waals surface area (Å²) >= 11 is 6.22. The number of unbranched alkanes of at least 4 members (excludes halogenated alkanes) is 2. The van der Waals surface area contributed by atoms with Crippen molar-refractivity contribution in [2.45, 2.75) is 25.7 Å². The minimum absolute atomic E-state index is 0.183. The second-order valence-corrected chi connectivity index (χ2v) is 6.99. The second kappa shape index (κ2) is 11.4. The average Bonchev–Trinajstić information content (AvgIpc) is 2.69. The van der Waals surface area contributed by atoms with Gasteiger partial charge in [0.25, 0.3) is 5.91 Å². The third-order valence-electron chi connectivity index (χ3n) is 4.54. The maximum absolute atomic E-state index is 12.2. The first kappa shape index (κ1) is 21.8. The van der Waals surface area contributed by atoms with Crippen LogP contribution in [0.15, 0.2) is 24.3 Å². The molecular weight excluding hydrogens is 384 g/mol. The van der Waals surface area contributed by atoms with Crippen LogP contribution in [0.25, 0.3) is 0 Å². The lowest BCUT2D eigenvalue weighted by Crippen LogP contribution is -2.50. The fourth-order valence-electron chi connectivity index (χ4n) is 2.99. The van der Waals surface area contributed by atoms with Crippen LogP contribution < -0.4 is 16.0 Å². The lowest BCUT2D eigenvalue weighted by Gasteiger charge is -2.36. The molecule has 1 saturated heterocycles. The number of hydrogen-bond acceptors (Lipinski definition) is 5. The second-order valence-electron chi connectivity index (χ2n) is 6.58. The monoisotopic (exact) mass is 410 g/mol. The van der Waals surface area contributed by atoms with Crippen molar-refractivity contribution in [3.63, 3.8) is 0 Å². The molecule has 2 rings (SSSR count). The molecule has 1 aromatic carbocycles. The molecule has 0 bridgehead atoms. The van der Waals surface area contributed by atoms with Gasteiger partial charge in [-0.05, 0) is 25.0 Å². The van der Waals surface area contributed by atoms with Crippen LogP contribution in [0.5, 0.6) is 0 Å². The normalized spacial score (nSPS) is 13.9. The Labute approximate surface area is 169 Å². The molecule has 3 amide bonds. The van der Waals surface area contributed by atoms with Gasteiger partial charge in [0.1, 0.15) is 0 Å². The number of ether oxygens (including phenoxy) is 1. The number of nitrogens with zero attached hydrogens (tertiary/aromatic N) is 2. The molecule has 28 heavy (non-hydrogen) atoms. The molecule has 8 nitrogen and oxygen atoms in total. The Balaban J connectivity index is 1.60. The van der Waals surface area contributed by atoms with E-state index in [0.29, 0.717) is 44.2 Å². The first-order valence-electron chi connectivity index (χ1n) is 9.43. The van der Waals surface area contributed by atoms with Crippen molar-refractivity contribution in [2.24, 2.45) is 5.73 Å². The SMILES string of the molecule is NC(=O)NCCCCCC(=O)OCC(=O)N1CCN(c2ccccc2Cl)CC1. The fraction of sp³-hybridized carbons (Fsp3) is 0.526. The van der Waals surface area contributed by atoms with E-state index in [1.807, 2.05) is 24.3 Å². The van der Waals surface area contributed by atoms with Crippen molar-refractivity contribution < 1.29 is 19.1 Å². The summed E-state index contributed by atoms with van der Waals surface area (Å²) in [5, 5.41) is 3.18. The quantitative estimate of drug-likeness (QED) is 0.476. The molecular formula is C19H27ClN4O4. The number of carbonyl (C=O) groups excluding carboxylic acids is 3. The Kier molecular flexibility index (Phi) is 8.87. The number of urea groups is 1. The summed E-state index contributed by atoms with van der Waals surface area (Å²) in [7, 11) is 0. The maximum atomic E-state index is 12.2. The number of halogens is 1. The maximum Gasteiger partial charge on any atom is 0.312 e. The molecule has 0 aliphatic carbocycles. The molecule has 0 radical (unpaired) electrons. The number of hydrogen-bond donors (Lipinski definition) is 2. The van der Waals surface area contributed by atoms with Crippen LogP contribution in [-0.2, 0) is 14.3 Å². The van der Waals surface area contributed by atoms with Crippen LogP contribution in [0.4, 0.5) is 10.5 Å². The van der Waals surface area contributed by atoms with Gasteiger partial charge >= 0.3 is 12.0 Å². The van der Waals surface area contributed by atoms with Gasteiger partial charge in [-0.25, -0.2) is 4.79 Å². The predicted octanol–water partition coefficient (Wildman–Crippen LogP) is 1.76. The van der Waals surface area contributed by atoms with E-state index in [9.17, 15) is 14.4 Å². The topological polar surface area (TPSA) is 105 Å². The highest BCUT2D eigenvalue weighted by atomic mass is 35.5. The molecule has 154 valence electrons. The molecule has 0 spiro atoms. The van der Waals surface area contributed by atoms with Gasteiger partial charge in [0.2, 0.25) is 0 Å². The standard InChI is InChI=1S/C19H27ClN4O4/c20-15-6-3-4-7-16(15)23-10-12-24(13-11-23)17(25)14-28-18(26)8-2-1-5-9-22-19(21)27/h3-4,6-7H,1-2,5,8-14H2,(H3,21,22,27). The van der Waals surface area contributed by atoms with Crippen LogP contribution in [0.3, 0.4) is 0 Å². The summed E-state index contributed by atoms with van der Waals surface area (Å²) in [6.45, 7) is 2.76. The first-order valence-corrected chi connectivity index (χ1v) is 9.81. The number of nitrogens with one attached hydrogen (secondary N) is 1. The van der Waals surface area contributed by atoms with Crippen LogP contribution >= 0.6 is 11.6 Å². The zero-order valence-corrected chi connectivity index (χ0v) is 16.6. The molecule has 0 aromatic heterocycles. The van der Waals surface area contributed by atoms with Crippen LogP contribution in [0, 0.1) is 0 Å². The summed E-state index contributed by atoms with van der Waals surface area (Å²) < 4.78 is 5.08. The van der Waals surface area contributed by atoms with E-state index in [0.717, 1.165) is 18.5 Å². The number of rotatable bonds is 9. The molecule has 1 heterocycles. The number of piperazine rings is 1. The highest BCUT2D eigenvalue weighted by Gasteiger charge is 2.23. The van der Waals surface area contributed by atoms with E-state index in [1.54, 1.807) is 4.90 Å². The molecule has 9 heteroatoms. The minimum atomic E-state index is -0.550. The fourth-order valence-corrected chi connectivity index (χ4v) is 3.25. The van der Waals surface area contributed by atoms with Crippen molar-refractivity contribution in [1.29, 1.82) is 0 Å². The number of amides is 3. The number of para-hydroxylation sites is 1. The van der Waals surface area contributed by atoms with Crippen LogP contribution in [-0.4, -0.2) is 62.1 Å². The molecule has 1 aliphatic rings. The molecule has 0 atom stereocenters. The third kappa shape index (κ3) is 7.26. The molecule has 0 saturated carbocycles. The van der Waals surface area contributed by atoms with Gasteiger partial charge in [-0.15, -0.1) is 0 Å². The van der Waals surface area contributed by atoms with Crippen molar-refractivity contribution >= 4 is 35.2 Å². The van der Waals surface area contributed by atoms with Crippen molar-refractivity contribution in [1.82, 2.24) is 10.2 Å². The predicted molar refractivity (Wildman–Crippen MR) is 107 cm³/mol. The smallest absolute Gasteiger partial charge is 0.312 e. The Hall–Kier alpha value is -2.48. The van der Waals surface area contributed by atoms with Gasteiger partial charge < -0.3 is 25.6 Å². The van der Waals surface area contributed by atoms with Crippen LogP contribution in [0.1, 0.15) is 25.7 Å². The van der Waals surface area contributed by atoms with Gasteiger partial charge in [0.05, 0.1) is 10.7 Å². The molecule has 1 aromatic rings. The number of esters is 1. The van der Waals surface area contributed by atoms with E-state index < -0.39 is 6.03 Å². The van der Waals surface area contributed by atoms with Gasteiger partial charge in [-0.3, -0.25) is 9.59 Å². The summed E-state index contributed by atoms with van der Waals surface area (Å²) in [5.41, 5.74) is 5.93. The van der Waals surface area contributed by atoms with E-state index in [4.69, 9.17) is 22.1 Å². The summed E-state index contributed by atoms with van der Waals surface area (Å²) in [6.07, 6.45) is 2.41. The van der Waals surface area contributed by atoms with Gasteiger partial charge in [-0.2, -0.15) is 0 Å². The Morgan fingerprint density at radius 3 is 2.46 bits per heavy atom. The first-order chi connectivity index (χ1) is 13.5. The van der Waals surface area contributed by atoms with E-state index in [-0.39, 0.29) is 24.9 Å². The Morgan fingerprint density at radius 1 is 1.07 bits per heavy atom. The molecule has 0 unspecified atom stereocenters. The number of benzene rings is 1. The minimum Gasteiger partial charge on any atom is -0.456 e. The highest BCUT2D eigenvalue weighted by Crippen LogP contribution is 2.26. The van der Waals surface area contributed by atoms with E-state index >= 15 is 0 Å². The lowest BCUT2D eigenvalue weighted by molar-refractivity contribution is -0.152. The van der Waals surface area contributed by atoms with Gasteiger partial charge in [0.15, 0.2) is 6.61 Å². The van der Waals surface area contributed by atoms with Crippen molar-refractivity contribution in [2.75, 3.05) is 44.2 Å². The summed E-state index contributed by atoms with van der Waals surface area (Å²) in [4.78, 5) is 38.3. The largest absolute Gasteiger partial charge is 0.456 e. The summed E-state index contributed by atoms with van der Waals surface area (Å²) in [5.74, 6) is -0.566. The van der Waals surface area contributed by atoms with E-state index in [2.05, 4.69) is 10.2 Å². The van der Waals surface area contributed by atoms with Crippen molar-refractivity contribution in [3.05, 3.63) is 29.3 Å². The number of nitrogens with two attached hydrogens (primary N) is 1. The molecule has 1 aliphatic heterocycles. The third-order valence-corrected chi connectivity index (χ3v) is 4.86. The van der Waals surface area contributed by atoms with E-state index in [1.165, 1.54) is 0 Å². The molecule has 1 fully saturated rings. The summed E-state index contributed by atoms with van der Waals surface area (Å²) in [6, 6.07) is 7.09. The molecule has 3 N–H and O–H groups in total. The number of carbonyl (C=O) groups is 3. The number of primary amides is 1. The lowest BCUT2D eigenvalue weighted by atomic mass is 10.2. The van der Waals surface area contributed by atoms with Crippen LogP contribution in [0.2, 0.25) is 5.02 Å². The number of anilines is 1. The zero-order valence-electron chi connectivity index (χ0n) is 15.9. The highest BCUT2D eigenvalue weighted by molar-refractivity contribution is 6.33.